The van der Waals surface area contributed by atoms with Crippen molar-refractivity contribution >= 4 is 34.4 Å². The molecule has 1 aliphatic rings. The van der Waals surface area contributed by atoms with Gasteiger partial charge in [-0.3, -0.25) is 9.98 Å². The summed E-state index contributed by atoms with van der Waals surface area (Å²) in [5.41, 5.74) is 2.75. The number of hydrogen-bond acceptors (Lipinski definition) is 6. The highest BCUT2D eigenvalue weighted by Crippen LogP contribution is 2.26. The number of rotatable bonds is 4. The van der Waals surface area contributed by atoms with Crippen molar-refractivity contribution in [3.05, 3.63) is 75.3 Å². The van der Waals surface area contributed by atoms with Crippen LogP contribution in [0.3, 0.4) is 0 Å². The molecule has 0 N–H and O–H groups in total. The minimum Gasteiger partial charge on any atom is -0.354 e. The van der Waals surface area contributed by atoms with Gasteiger partial charge in [0.05, 0.1) is 22.4 Å². The van der Waals surface area contributed by atoms with Gasteiger partial charge < -0.3 is 9.80 Å². The summed E-state index contributed by atoms with van der Waals surface area (Å²) in [6, 6.07) is 8.55. The third kappa shape index (κ3) is 3.91. The highest BCUT2D eigenvalue weighted by Gasteiger charge is 2.19. The zero-order chi connectivity index (χ0) is 20.5. The normalized spacial score (nSPS) is 15.8. The van der Waals surface area contributed by atoms with Crippen LogP contribution in [0.5, 0.6) is 0 Å². The summed E-state index contributed by atoms with van der Waals surface area (Å²) >= 11 is 1.66. The van der Waals surface area contributed by atoms with Crippen molar-refractivity contribution in [2.24, 2.45) is 4.99 Å². The Hall–Kier alpha value is -3.06. The van der Waals surface area contributed by atoms with Gasteiger partial charge in [-0.2, -0.15) is 0 Å². The number of hydrogen-bond donors (Lipinski definition) is 0. The Balaban J connectivity index is 1.79. The molecule has 0 saturated heterocycles. The first-order chi connectivity index (χ1) is 13.9. The van der Waals surface area contributed by atoms with Crippen LogP contribution >= 0.6 is 11.3 Å². The molecule has 2 aromatic heterocycles. The summed E-state index contributed by atoms with van der Waals surface area (Å²) in [5, 5.41) is 2.48. The second-order valence-electron chi connectivity index (χ2n) is 7.08. The molecule has 29 heavy (non-hydrogen) atoms. The maximum absolute atomic E-state index is 13.8. The lowest BCUT2D eigenvalue weighted by atomic mass is 10.2. The van der Waals surface area contributed by atoms with Gasteiger partial charge in [-0.25, -0.2) is 9.37 Å². The van der Waals surface area contributed by atoms with E-state index in [0.717, 1.165) is 37.7 Å². The van der Waals surface area contributed by atoms with Crippen LogP contribution in [-0.4, -0.2) is 30.2 Å². The summed E-state index contributed by atoms with van der Waals surface area (Å²) in [6.07, 6.45) is 7.45. The predicted molar refractivity (Wildman–Crippen MR) is 117 cm³/mol. The molecule has 0 aliphatic carbocycles. The van der Waals surface area contributed by atoms with Gasteiger partial charge in [0.2, 0.25) is 0 Å². The van der Waals surface area contributed by atoms with E-state index in [1.54, 1.807) is 23.6 Å². The van der Waals surface area contributed by atoms with Gasteiger partial charge in [0.1, 0.15) is 12.0 Å². The van der Waals surface area contributed by atoms with Crippen molar-refractivity contribution in [2.45, 2.75) is 20.0 Å². The third-order valence-electron chi connectivity index (χ3n) is 4.71. The number of fused-ring (bicyclic) bond motifs is 1. The van der Waals surface area contributed by atoms with Crippen molar-refractivity contribution < 1.29 is 4.39 Å². The van der Waals surface area contributed by atoms with Gasteiger partial charge >= 0.3 is 0 Å². The monoisotopic (exact) mass is 407 g/mol. The quantitative estimate of drug-likeness (QED) is 0.666. The van der Waals surface area contributed by atoms with Crippen LogP contribution in [0.15, 0.2) is 47.6 Å². The van der Waals surface area contributed by atoms with Crippen LogP contribution in [0.1, 0.15) is 16.3 Å². The summed E-state index contributed by atoms with van der Waals surface area (Å²) in [6.45, 7) is 4.02. The molecule has 0 amide bonds. The topological polar surface area (TPSA) is 44.6 Å². The summed E-state index contributed by atoms with van der Waals surface area (Å²) < 4.78 is 13.8. The molecule has 0 unspecified atom stereocenters. The van der Waals surface area contributed by atoms with Crippen molar-refractivity contribution in [1.82, 2.24) is 9.97 Å². The highest BCUT2D eigenvalue weighted by atomic mass is 32.1. The zero-order valence-electron chi connectivity index (χ0n) is 16.8. The molecule has 4 rings (SSSR count). The molecule has 1 aliphatic heterocycles. The fourth-order valence-electron chi connectivity index (χ4n) is 3.19. The van der Waals surface area contributed by atoms with Crippen LogP contribution in [0.2, 0.25) is 0 Å². The van der Waals surface area contributed by atoms with Crippen molar-refractivity contribution in [3.63, 3.8) is 0 Å². The van der Waals surface area contributed by atoms with E-state index >= 15 is 0 Å². The average molecular weight is 408 g/mol. The highest BCUT2D eigenvalue weighted by molar-refractivity contribution is 7.15. The predicted octanol–water partition coefficient (Wildman–Crippen LogP) is 3.28. The lowest BCUT2D eigenvalue weighted by molar-refractivity contribution is 0.624. The van der Waals surface area contributed by atoms with E-state index in [1.807, 2.05) is 61.3 Å². The number of anilines is 2. The first-order valence-corrected chi connectivity index (χ1v) is 10.1. The number of thiazole rings is 1. The van der Waals surface area contributed by atoms with E-state index in [0.29, 0.717) is 0 Å². The van der Waals surface area contributed by atoms with E-state index in [9.17, 15) is 4.39 Å². The van der Waals surface area contributed by atoms with E-state index in [4.69, 9.17) is 9.98 Å². The maximum atomic E-state index is 13.8. The molecule has 3 heterocycles. The van der Waals surface area contributed by atoms with Gasteiger partial charge in [-0.05, 0) is 56.3 Å². The number of benzene rings is 1. The van der Waals surface area contributed by atoms with Crippen molar-refractivity contribution in [2.75, 3.05) is 23.9 Å². The molecular weight excluding hydrogens is 385 g/mol. The van der Waals surface area contributed by atoms with Crippen LogP contribution in [0, 0.1) is 19.7 Å². The van der Waals surface area contributed by atoms with E-state index in [1.165, 1.54) is 12.1 Å². The first kappa shape index (κ1) is 19.3. The summed E-state index contributed by atoms with van der Waals surface area (Å²) in [7, 11) is 3.97. The average Bonchev–Trinajstić information content (AvgIpc) is 3.07. The molecule has 148 valence electrons. The first-order valence-electron chi connectivity index (χ1n) is 9.30. The van der Waals surface area contributed by atoms with E-state index < -0.39 is 0 Å². The Morgan fingerprint density at radius 2 is 2.03 bits per heavy atom. The minimum atomic E-state index is -0.278. The SMILES string of the molecule is Cc1ncccc1N1C=c2cc(F)ccc2=N[C@H]1C=Cc1nc(N(C)C)sc1C. The van der Waals surface area contributed by atoms with Gasteiger partial charge in [-0.15, -0.1) is 11.3 Å². The molecule has 7 heteroatoms. The lowest BCUT2D eigenvalue weighted by Gasteiger charge is -2.29. The Labute approximate surface area is 173 Å². The fourth-order valence-corrected chi connectivity index (χ4v) is 4.01. The fraction of sp³-hybridized carbons (Fsp3) is 0.227. The molecule has 0 saturated carbocycles. The maximum Gasteiger partial charge on any atom is 0.185 e. The molecule has 0 spiro atoms. The smallest absolute Gasteiger partial charge is 0.185 e. The number of aromatic nitrogens is 2. The van der Waals surface area contributed by atoms with Gasteiger partial charge in [0.15, 0.2) is 5.13 Å². The van der Waals surface area contributed by atoms with Gasteiger partial charge in [0, 0.05) is 36.6 Å². The molecule has 0 fully saturated rings. The van der Waals surface area contributed by atoms with Crippen LogP contribution in [-0.2, 0) is 0 Å². The van der Waals surface area contributed by atoms with Crippen molar-refractivity contribution in [1.29, 1.82) is 0 Å². The lowest BCUT2D eigenvalue weighted by Crippen LogP contribution is -2.41. The Morgan fingerprint density at radius 1 is 1.21 bits per heavy atom. The Bertz CT molecular complexity index is 1200. The van der Waals surface area contributed by atoms with Crippen LogP contribution < -0.4 is 20.4 Å². The van der Waals surface area contributed by atoms with Gasteiger partial charge in [-0.1, -0.05) is 0 Å². The van der Waals surface area contributed by atoms with Crippen LogP contribution in [0.25, 0.3) is 12.3 Å². The van der Waals surface area contributed by atoms with Gasteiger partial charge in [0.25, 0.3) is 0 Å². The van der Waals surface area contributed by atoms with E-state index in [-0.39, 0.29) is 12.0 Å². The third-order valence-corrected chi connectivity index (χ3v) is 5.87. The number of nitrogens with zero attached hydrogens (tertiary/aromatic N) is 5. The Morgan fingerprint density at radius 3 is 2.76 bits per heavy atom. The molecule has 1 aromatic carbocycles. The molecule has 5 nitrogen and oxygen atoms in total. The summed E-state index contributed by atoms with van der Waals surface area (Å²) in [4.78, 5) is 19.1. The van der Waals surface area contributed by atoms with E-state index in [2.05, 4.69) is 11.9 Å². The largest absolute Gasteiger partial charge is 0.354 e. The Kier molecular flexibility index (Phi) is 5.15. The number of aryl methyl sites for hydroxylation is 2. The second-order valence-corrected chi connectivity index (χ2v) is 8.26. The molecule has 3 aromatic rings. The van der Waals surface area contributed by atoms with Crippen LogP contribution in [0.4, 0.5) is 15.2 Å². The molecule has 0 radical (unpaired) electrons. The zero-order valence-corrected chi connectivity index (χ0v) is 17.6. The minimum absolute atomic E-state index is 0.277. The molecule has 1 atom stereocenters. The number of pyridine rings is 1. The molecular formula is C22H22FN5S. The second kappa shape index (κ2) is 7.75. The van der Waals surface area contributed by atoms with Crippen molar-refractivity contribution in [3.8, 4) is 0 Å². The summed E-state index contributed by atoms with van der Waals surface area (Å²) in [5.74, 6) is -0.277. The molecule has 0 bridgehead atoms. The number of halogens is 1. The standard InChI is InChI=1S/C22H22FN5S/c1-14-20(6-5-11-24-14)28-13-16-12-17(23)7-8-19(16)25-21(28)10-9-18-15(2)29-22(26-18)27(3)4/h5-13,21H,1-4H3/t21-/m1/s1.